The summed E-state index contributed by atoms with van der Waals surface area (Å²) >= 11 is 0. The lowest BCUT2D eigenvalue weighted by atomic mass is 10.1. The Morgan fingerprint density at radius 3 is 2.41 bits per heavy atom. The van der Waals surface area contributed by atoms with Gasteiger partial charge in [-0.2, -0.15) is 0 Å². The summed E-state index contributed by atoms with van der Waals surface area (Å²) in [6.45, 7) is 1.49. The van der Waals surface area contributed by atoms with Gasteiger partial charge in [-0.1, -0.05) is 37.3 Å². The van der Waals surface area contributed by atoms with Crippen LogP contribution in [0.3, 0.4) is 0 Å². The minimum atomic E-state index is -0.684. The zero-order valence-electron chi connectivity index (χ0n) is 15.3. The van der Waals surface area contributed by atoms with Gasteiger partial charge in [-0.15, -0.1) is 0 Å². The Bertz CT molecular complexity index is 839. The molecule has 2 aromatic rings. The highest BCUT2D eigenvalue weighted by Crippen LogP contribution is 2.15. The van der Waals surface area contributed by atoms with Crippen molar-refractivity contribution in [2.45, 2.75) is 13.3 Å². The monoisotopic (exact) mass is 371 g/mol. The predicted octanol–water partition coefficient (Wildman–Crippen LogP) is 2.21. The third-order valence-electron chi connectivity index (χ3n) is 4.00. The van der Waals surface area contributed by atoms with Crippen molar-refractivity contribution in [1.82, 2.24) is 10.2 Å². The van der Waals surface area contributed by atoms with E-state index in [9.17, 15) is 18.8 Å². The van der Waals surface area contributed by atoms with Gasteiger partial charge in [-0.25, -0.2) is 4.39 Å². The van der Waals surface area contributed by atoms with Crippen LogP contribution in [0.5, 0.6) is 0 Å². The Morgan fingerprint density at radius 2 is 1.70 bits per heavy atom. The van der Waals surface area contributed by atoms with Gasteiger partial charge in [-0.05, 0) is 30.2 Å². The molecule has 0 radical (unpaired) electrons. The first kappa shape index (κ1) is 20.1. The number of hydrogen-bond acceptors (Lipinski definition) is 3. The fourth-order valence-electron chi connectivity index (χ4n) is 2.48. The summed E-state index contributed by atoms with van der Waals surface area (Å²) in [6.07, 6.45) is 0.771. The number of amides is 3. The topological polar surface area (TPSA) is 78.5 Å². The van der Waals surface area contributed by atoms with Crippen LogP contribution < -0.4 is 10.6 Å². The summed E-state index contributed by atoms with van der Waals surface area (Å²) in [5.41, 5.74) is 1.57. The number of nitrogens with one attached hydrogen (secondary N) is 2. The predicted molar refractivity (Wildman–Crippen MR) is 101 cm³/mol. The number of aryl methyl sites for hydroxylation is 1. The summed E-state index contributed by atoms with van der Waals surface area (Å²) in [5.74, 6) is -2.15. The Hall–Kier alpha value is -3.22. The summed E-state index contributed by atoms with van der Waals surface area (Å²) in [4.78, 5) is 37.4. The van der Waals surface area contributed by atoms with Crippen LogP contribution in [-0.4, -0.2) is 42.8 Å². The van der Waals surface area contributed by atoms with E-state index in [4.69, 9.17) is 0 Å². The van der Waals surface area contributed by atoms with E-state index in [1.165, 1.54) is 36.2 Å². The molecule has 2 aromatic carbocycles. The van der Waals surface area contributed by atoms with E-state index in [1.807, 2.05) is 25.1 Å². The molecule has 2 rings (SSSR count). The molecule has 0 fully saturated rings. The smallest absolute Gasteiger partial charge is 0.254 e. The Morgan fingerprint density at radius 1 is 1.04 bits per heavy atom. The molecule has 0 unspecified atom stereocenters. The molecule has 0 heterocycles. The lowest BCUT2D eigenvalue weighted by Crippen LogP contribution is -2.41. The normalized spacial score (nSPS) is 10.2. The molecule has 0 aromatic heterocycles. The number of nitrogens with zero attached hydrogens (tertiary/aromatic N) is 1. The molecule has 0 aliphatic heterocycles. The summed E-state index contributed by atoms with van der Waals surface area (Å²) in [7, 11) is 1.46. The number of carbonyl (C=O) groups excluding carboxylic acids is 3. The lowest BCUT2D eigenvalue weighted by Gasteiger charge is -2.18. The molecule has 7 heteroatoms. The van der Waals surface area contributed by atoms with Crippen molar-refractivity contribution in [3.05, 3.63) is 65.5 Å². The third-order valence-corrected chi connectivity index (χ3v) is 4.00. The van der Waals surface area contributed by atoms with Crippen molar-refractivity contribution in [1.29, 1.82) is 0 Å². The number of benzene rings is 2. The zero-order valence-corrected chi connectivity index (χ0v) is 15.3. The lowest BCUT2D eigenvalue weighted by molar-refractivity contribution is -0.132. The summed E-state index contributed by atoms with van der Waals surface area (Å²) in [5, 5.41) is 5.14. The number of carbonyl (C=O) groups is 3. The average Bonchev–Trinajstić information content (AvgIpc) is 2.66. The molecule has 142 valence electrons. The molecular formula is C20H22FN3O3. The van der Waals surface area contributed by atoms with Crippen molar-refractivity contribution in [2.75, 3.05) is 25.5 Å². The van der Waals surface area contributed by atoms with Crippen molar-refractivity contribution in [2.24, 2.45) is 0 Å². The largest absolute Gasteiger partial charge is 0.343 e. The van der Waals surface area contributed by atoms with Gasteiger partial charge in [0.25, 0.3) is 5.91 Å². The van der Waals surface area contributed by atoms with Crippen LogP contribution in [0.25, 0.3) is 0 Å². The number of halogens is 1. The van der Waals surface area contributed by atoms with E-state index in [-0.39, 0.29) is 24.6 Å². The van der Waals surface area contributed by atoms with Crippen molar-refractivity contribution < 1.29 is 18.8 Å². The van der Waals surface area contributed by atoms with E-state index in [1.54, 1.807) is 6.07 Å². The van der Waals surface area contributed by atoms with Gasteiger partial charge in [-0.3, -0.25) is 14.4 Å². The SMILES string of the molecule is CCc1ccccc1NC(=O)CN(C)C(=O)CNC(=O)c1ccccc1F. The molecule has 0 aliphatic carbocycles. The molecule has 0 saturated carbocycles. The highest BCUT2D eigenvalue weighted by Gasteiger charge is 2.16. The summed E-state index contributed by atoms with van der Waals surface area (Å²) in [6, 6.07) is 12.9. The standard InChI is InChI=1S/C20H22FN3O3/c1-3-14-8-4-7-11-17(14)23-18(25)13-24(2)19(26)12-22-20(27)15-9-5-6-10-16(15)21/h4-11H,3,12-13H2,1-2H3,(H,22,27)(H,23,25). The Balaban J connectivity index is 1.85. The molecule has 0 bridgehead atoms. The van der Waals surface area contributed by atoms with Gasteiger partial charge < -0.3 is 15.5 Å². The Labute approximate surface area is 157 Å². The van der Waals surface area contributed by atoms with Gasteiger partial charge in [0.2, 0.25) is 11.8 Å². The average molecular weight is 371 g/mol. The minimum Gasteiger partial charge on any atom is -0.343 e. The molecule has 6 nitrogen and oxygen atoms in total. The van der Waals surface area contributed by atoms with E-state index in [2.05, 4.69) is 10.6 Å². The first-order valence-corrected chi connectivity index (χ1v) is 8.56. The number of anilines is 1. The molecule has 27 heavy (non-hydrogen) atoms. The second kappa shape index (κ2) is 9.47. The van der Waals surface area contributed by atoms with Crippen LogP contribution in [-0.2, 0) is 16.0 Å². The number of hydrogen-bond donors (Lipinski definition) is 2. The molecule has 3 amide bonds. The second-order valence-corrected chi connectivity index (χ2v) is 5.97. The molecule has 0 aliphatic rings. The Kier molecular flexibility index (Phi) is 7.05. The van der Waals surface area contributed by atoms with E-state index >= 15 is 0 Å². The van der Waals surface area contributed by atoms with Crippen LogP contribution in [0.15, 0.2) is 48.5 Å². The van der Waals surface area contributed by atoms with E-state index < -0.39 is 17.6 Å². The molecular weight excluding hydrogens is 349 g/mol. The first-order valence-electron chi connectivity index (χ1n) is 8.56. The van der Waals surface area contributed by atoms with Crippen LogP contribution in [0, 0.1) is 5.82 Å². The van der Waals surface area contributed by atoms with Gasteiger partial charge in [0.05, 0.1) is 18.7 Å². The zero-order chi connectivity index (χ0) is 19.8. The van der Waals surface area contributed by atoms with Crippen LogP contribution in [0.2, 0.25) is 0 Å². The maximum absolute atomic E-state index is 13.6. The van der Waals surface area contributed by atoms with Gasteiger partial charge in [0, 0.05) is 12.7 Å². The maximum atomic E-state index is 13.6. The van der Waals surface area contributed by atoms with E-state index in [0.717, 1.165) is 12.0 Å². The maximum Gasteiger partial charge on any atom is 0.254 e. The first-order chi connectivity index (χ1) is 12.9. The van der Waals surface area contributed by atoms with Crippen molar-refractivity contribution >= 4 is 23.4 Å². The number of para-hydroxylation sites is 1. The highest BCUT2D eigenvalue weighted by atomic mass is 19.1. The second-order valence-electron chi connectivity index (χ2n) is 5.97. The molecule has 0 spiro atoms. The number of likely N-dealkylation sites (N-methyl/N-ethyl adjacent to an activating group) is 1. The minimum absolute atomic E-state index is 0.137. The molecule has 0 atom stereocenters. The molecule has 0 saturated heterocycles. The van der Waals surface area contributed by atoms with Gasteiger partial charge >= 0.3 is 0 Å². The van der Waals surface area contributed by atoms with Gasteiger partial charge in [0.1, 0.15) is 5.82 Å². The number of rotatable bonds is 7. The van der Waals surface area contributed by atoms with Crippen molar-refractivity contribution in [3.8, 4) is 0 Å². The van der Waals surface area contributed by atoms with Crippen LogP contribution >= 0.6 is 0 Å². The quantitative estimate of drug-likeness (QED) is 0.783. The fourth-order valence-corrected chi connectivity index (χ4v) is 2.48. The van der Waals surface area contributed by atoms with Crippen LogP contribution in [0.1, 0.15) is 22.8 Å². The van der Waals surface area contributed by atoms with Gasteiger partial charge in [0.15, 0.2) is 0 Å². The van der Waals surface area contributed by atoms with E-state index in [0.29, 0.717) is 5.69 Å². The highest BCUT2D eigenvalue weighted by molar-refractivity contribution is 5.98. The van der Waals surface area contributed by atoms with Crippen LogP contribution in [0.4, 0.5) is 10.1 Å². The molecule has 2 N–H and O–H groups in total. The third kappa shape index (κ3) is 5.64. The van der Waals surface area contributed by atoms with Crippen molar-refractivity contribution in [3.63, 3.8) is 0 Å². The fraction of sp³-hybridized carbons (Fsp3) is 0.250. The summed E-state index contributed by atoms with van der Waals surface area (Å²) < 4.78 is 13.6.